The number of aromatic nitrogens is 3. The summed E-state index contributed by atoms with van der Waals surface area (Å²) in [6.45, 7) is 0. The molecule has 21 heavy (non-hydrogen) atoms. The molecule has 1 aliphatic rings. The highest BCUT2D eigenvalue weighted by Gasteiger charge is 2.22. The second-order valence-electron chi connectivity index (χ2n) is 5.14. The maximum Gasteiger partial charge on any atom is 0.269 e. The second-order valence-corrected chi connectivity index (χ2v) is 5.14. The highest BCUT2D eigenvalue weighted by molar-refractivity contribution is 5.79. The Kier molecular flexibility index (Phi) is 3.47. The fourth-order valence-corrected chi connectivity index (χ4v) is 2.54. The highest BCUT2D eigenvalue weighted by Crippen LogP contribution is 2.26. The fourth-order valence-electron chi connectivity index (χ4n) is 2.54. The molecule has 1 fully saturated rings. The minimum atomic E-state index is -0.441. The lowest BCUT2D eigenvalue weighted by Gasteiger charge is -2.20. The molecule has 0 spiro atoms. The quantitative estimate of drug-likeness (QED) is 0.638. The summed E-state index contributed by atoms with van der Waals surface area (Å²) < 4.78 is 1.73. The zero-order valence-corrected chi connectivity index (χ0v) is 11.3. The molecule has 0 N–H and O–H groups in total. The number of carbonyl (C=O) groups excluding carboxylic acids is 1. The predicted octanol–water partition coefficient (Wildman–Crippen LogP) is 2.54. The van der Waals surface area contributed by atoms with Crippen LogP contribution in [0.15, 0.2) is 30.6 Å². The summed E-state index contributed by atoms with van der Waals surface area (Å²) >= 11 is 0. The second kappa shape index (κ2) is 5.43. The van der Waals surface area contributed by atoms with Gasteiger partial charge in [-0.3, -0.25) is 14.9 Å². The molecule has 1 aliphatic carbocycles. The normalized spacial score (nSPS) is 18.7. The molecule has 3 rings (SSSR count). The third-order valence-electron chi connectivity index (χ3n) is 3.68. The number of non-ortho nitro benzene ring substituents is 1. The van der Waals surface area contributed by atoms with E-state index >= 15 is 0 Å². The van der Waals surface area contributed by atoms with Crippen molar-refractivity contribution in [3.63, 3.8) is 0 Å². The van der Waals surface area contributed by atoms with E-state index in [1.165, 1.54) is 12.1 Å². The van der Waals surface area contributed by atoms with Crippen LogP contribution in [0.1, 0.15) is 31.7 Å². The molecule has 1 aromatic carbocycles. The van der Waals surface area contributed by atoms with Crippen molar-refractivity contribution in [3.05, 3.63) is 40.7 Å². The first-order valence-electron chi connectivity index (χ1n) is 6.81. The molecule has 7 nitrogen and oxygen atoms in total. The third kappa shape index (κ3) is 2.81. The molecule has 7 heteroatoms. The van der Waals surface area contributed by atoms with E-state index in [9.17, 15) is 14.9 Å². The number of ketones is 1. The van der Waals surface area contributed by atoms with E-state index in [1.54, 1.807) is 23.1 Å². The molecule has 0 amide bonds. The molecule has 1 aromatic heterocycles. The van der Waals surface area contributed by atoms with Gasteiger partial charge in [0.1, 0.15) is 12.1 Å². The number of Topliss-reactive ketones (excluding diaryl/α,β-unsaturated/α-hetero) is 1. The van der Waals surface area contributed by atoms with Crippen molar-refractivity contribution in [1.82, 2.24) is 14.8 Å². The maximum atomic E-state index is 11.5. The largest absolute Gasteiger partial charge is 0.300 e. The lowest BCUT2D eigenvalue weighted by Crippen LogP contribution is -2.19. The molecule has 2 aromatic rings. The van der Waals surface area contributed by atoms with Gasteiger partial charge in [0.25, 0.3) is 5.69 Å². The van der Waals surface area contributed by atoms with Gasteiger partial charge in [-0.15, -0.1) is 0 Å². The molecule has 0 bridgehead atoms. The number of hydrogen-bond acceptors (Lipinski definition) is 5. The third-order valence-corrected chi connectivity index (χ3v) is 3.68. The van der Waals surface area contributed by atoms with E-state index in [4.69, 9.17) is 0 Å². The Labute approximate surface area is 120 Å². The Morgan fingerprint density at radius 3 is 2.71 bits per heavy atom. The first-order chi connectivity index (χ1) is 10.1. The van der Waals surface area contributed by atoms with Crippen molar-refractivity contribution in [2.75, 3.05) is 0 Å². The molecule has 108 valence electrons. The summed E-state index contributed by atoms with van der Waals surface area (Å²) in [6, 6.07) is 6.19. The lowest BCUT2D eigenvalue weighted by atomic mass is 9.95. The van der Waals surface area contributed by atoms with E-state index < -0.39 is 4.92 Å². The van der Waals surface area contributed by atoms with Crippen LogP contribution in [-0.2, 0) is 4.79 Å². The smallest absolute Gasteiger partial charge is 0.269 e. The zero-order valence-electron chi connectivity index (χ0n) is 11.3. The molecule has 0 aliphatic heterocycles. The molecule has 1 unspecified atom stereocenters. The SMILES string of the molecule is O=C1CCCC(n2cnc(-c3ccc([N+](=O)[O-])cc3)n2)C1. The summed E-state index contributed by atoms with van der Waals surface area (Å²) in [5, 5.41) is 15.0. The Hall–Kier alpha value is -2.57. The molecule has 1 atom stereocenters. The molecule has 1 heterocycles. The summed E-state index contributed by atoms with van der Waals surface area (Å²) in [6.07, 6.45) is 4.59. The van der Waals surface area contributed by atoms with Crippen LogP contribution in [0.2, 0.25) is 0 Å². The van der Waals surface area contributed by atoms with Gasteiger partial charge in [-0.2, -0.15) is 5.10 Å². The van der Waals surface area contributed by atoms with E-state index in [2.05, 4.69) is 10.1 Å². The molecular weight excluding hydrogens is 272 g/mol. The van der Waals surface area contributed by atoms with Crippen LogP contribution in [0.3, 0.4) is 0 Å². The standard InChI is InChI=1S/C14H14N4O3/c19-13-3-1-2-12(8-13)17-9-15-14(16-17)10-4-6-11(7-5-10)18(20)21/h4-7,9,12H,1-3,8H2. The number of hydrogen-bond donors (Lipinski definition) is 0. The van der Waals surface area contributed by atoms with Crippen LogP contribution in [-0.4, -0.2) is 25.5 Å². The first kappa shape index (κ1) is 13.4. The van der Waals surface area contributed by atoms with Gasteiger partial charge < -0.3 is 0 Å². The van der Waals surface area contributed by atoms with E-state index in [-0.39, 0.29) is 17.5 Å². The summed E-state index contributed by atoms with van der Waals surface area (Å²) in [7, 11) is 0. The zero-order chi connectivity index (χ0) is 14.8. The number of rotatable bonds is 3. The van der Waals surface area contributed by atoms with Crippen molar-refractivity contribution in [3.8, 4) is 11.4 Å². The first-order valence-corrected chi connectivity index (χ1v) is 6.81. The maximum absolute atomic E-state index is 11.5. The van der Waals surface area contributed by atoms with Gasteiger partial charge in [-0.25, -0.2) is 9.67 Å². The minimum absolute atomic E-state index is 0.0380. The van der Waals surface area contributed by atoms with Crippen molar-refractivity contribution in [2.24, 2.45) is 0 Å². The Balaban J connectivity index is 1.81. The van der Waals surface area contributed by atoms with Crippen LogP contribution < -0.4 is 0 Å². The van der Waals surface area contributed by atoms with Gasteiger partial charge >= 0.3 is 0 Å². The monoisotopic (exact) mass is 286 g/mol. The van der Waals surface area contributed by atoms with Crippen LogP contribution in [0.25, 0.3) is 11.4 Å². The van der Waals surface area contributed by atoms with E-state index in [0.29, 0.717) is 18.7 Å². The van der Waals surface area contributed by atoms with Crippen LogP contribution in [0, 0.1) is 10.1 Å². The molecular formula is C14H14N4O3. The fraction of sp³-hybridized carbons (Fsp3) is 0.357. The van der Waals surface area contributed by atoms with Gasteiger partial charge in [-0.1, -0.05) is 0 Å². The minimum Gasteiger partial charge on any atom is -0.300 e. The van der Waals surface area contributed by atoms with Gasteiger partial charge in [0.2, 0.25) is 0 Å². The Morgan fingerprint density at radius 2 is 2.05 bits per heavy atom. The summed E-state index contributed by atoms with van der Waals surface area (Å²) in [5.41, 5.74) is 0.762. The number of nitro groups is 1. The number of carbonyl (C=O) groups is 1. The topological polar surface area (TPSA) is 90.9 Å². The van der Waals surface area contributed by atoms with Gasteiger partial charge in [0.15, 0.2) is 5.82 Å². The van der Waals surface area contributed by atoms with Crippen molar-refractivity contribution >= 4 is 11.5 Å². The van der Waals surface area contributed by atoms with Crippen molar-refractivity contribution in [2.45, 2.75) is 31.7 Å². The molecule has 0 saturated heterocycles. The number of benzene rings is 1. The van der Waals surface area contributed by atoms with Crippen LogP contribution in [0.4, 0.5) is 5.69 Å². The van der Waals surface area contributed by atoms with Crippen LogP contribution in [0.5, 0.6) is 0 Å². The Morgan fingerprint density at radius 1 is 1.29 bits per heavy atom. The van der Waals surface area contributed by atoms with Crippen molar-refractivity contribution in [1.29, 1.82) is 0 Å². The van der Waals surface area contributed by atoms with Crippen molar-refractivity contribution < 1.29 is 9.72 Å². The van der Waals surface area contributed by atoms with Gasteiger partial charge in [0.05, 0.1) is 11.0 Å². The Bertz CT molecular complexity index is 678. The lowest BCUT2D eigenvalue weighted by molar-refractivity contribution is -0.384. The number of nitrogens with zero attached hydrogens (tertiary/aromatic N) is 4. The highest BCUT2D eigenvalue weighted by atomic mass is 16.6. The van der Waals surface area contributed by atoms with E-state index in [1.807, 2.05) is 0 Å². The average Bonchev–Trinajstić information content (AvgIpc) is 2.97. The molecule has 0 radical (unpaired) electrons. The summed E-state index contributed by atoms with van der Waals surface area (Å²) in [4.78, 5) is 25.9. The van der Waals surface area contributed by atoms with Gasteiger partial charge in [-0.05, 0) is 25.0 Å². The van der Waals surface area contributed by atoms with Gasteiger partial charge in [0, 0.05) is 30.5 Å². The summed E-state index contributed by atoms with van der Waals surface area (Å²) in [5.74, 6) is 0.779. The van der Waals surface area contributed by atoms with Crippen LogP contribution >= 0.6 is 0 Å². The average molecular weight is 286 g/mol. The van der Waals surface area contributed by atoms with E-state index in [0.717, 1.165) is 18.4 Å². The number of nitro benzene ring substituents is 1. The molecule has 1 saturated carbocycles. The predicted molar refractivity (Wildman–Crippen MR) is 74.6 cm³/mol.